The smallest absolute Gasteiger partial charge is 0.327 e. The van der Waals surface area contributed by atoms with Crippen molar-refractivity contribution < 1.29 is 53.1 Å². The third-order valence-corrected chi connectivity index (χ3v) is 8.02. The predicted octanol–water partition coefficient (Wildman–Crippen LogP) is 0.807. The number of nitrogens with zero attached hydrogens (tertiary/aromatic N) is 1. The minimum Gasteiger partial charge on any atom is -0.499 e. The molecule has 0 spiro atoms. The van der Waals surface area contributed by atoms with Crippen LogP contribution in [0.2, 0.25) is 0 Å². The van der Waals surface area contributed by atoms with Crippen LogP contribution in [0.15, 0.2) is 30.5 Å². The van der Waals surface area contributed by atoms with Gasteiger partial charge in [0.25, 0.3) is 0 Å². The number of fused-ring (bicyclic) bond motifs is 4. The summed E-state index contributed by atoms with van der Waals surface area (Å²) in [6, 6.07) is 5.65. The monoisotopic (exact) mass is 604 g/mol. The zero-order valence-corrected chi connectivity index (χ0v) is 24.6. The van der Waals surface area contributed by atoms with Crippen molar-refractivity contribution in [3.8, 4) is 0 Å². The van der Waals surface area contributed by atoms with E-state index in [1.807, 2.05) is 24.3 Å². The first-order valence-electron chi connectivity index (χ1n) is 14.5. The largest absolute Gasteiger partial charge is 0.499 e. The molecule has 4 aliphatic rings. The molecule has 7 unspecified atom stereocenters. The Morgan fingerprint density at radius 3 is 2.77 bits per heavy atom. The number of rotatable bonds is 12. The van der Waals surface area contributed by atoms with Crippen LogP contribution in [0.4, 0.5) is 0 Å². The van der Waals surface area contributed by atoms with Crippen LogP contribution >= 0.6 is 0 Å². The minimum atomic E-state index is -1.39. The Morgan fingerprint density at radius 2 is 2.02 bits per heavy atom. The van der Waals surface area contributed by atoms with Gasteiger partial charge >= 0.3 is 11.9 Å². The SMILES string of the molecule is CC(C)(C)OC(=O)CCC(CO)NC(=O)C12CC3OC(=O)C1N(Cc1cccc(C=COCCO)c1)OC2C1OCOC31. The van der Waals surface area contributed by atoms with Crippen molar-refractivity contribution in [2.75, 3.05) is 26.6 Å². The Morgan fingerprint density at radius 1 is 1.23 bits per heavy atom. The second-order valence-electron chi connectivity index (χ2n) is 12.2. The Labute approximate surface area is 249 Å². The third kappa shape index (κ3) is 6.56. The van der Waals surface area contributed by atoms with Crippen molar-refractivity contribution in [2.24, 2.45) is 5.41 Å². The Hall–Kier alpha value is -3.07. The number of benzene rings is 1. The fraction of sp³-hybridized carbons (Fsp3) is 0.633. The van der Waals surface area contributed by atoms with Gasteiger partial charge in [-0.05, 0) is 44.4 Å². The van der Waals surface area contributed by atoms with Crippen LogP contribution in [0.5, 0.6) is 0 Å². The van der Waals surface area contributed by atoms with E-state index in [2.05, 4.69) is 5.32 Å². The quantitative estimate of drug-likeness (QED) is 0.175. The molecule has 1 aromatic carbocycles. The van der Waals surface area contributed by atoms with Gasteiger partial charge in [0.15, 0.2) is 6.04 Å². The lowest BCUT2D eigenvalue weighted by Crippen LogP contribution is -2.70. The van der Waals surface area contributed by atoms with Gasteiger partial charge < -0.3 is 39.2 Å². The lowest BCUT2D eigenvalue weighted by atomic mass is 9.62. The zero-order chi connectivity index (χ0) is 30.8. The number of hydrogen-bond acceptors (Lipinski definition) is 12. The summed E-state index contributed by atoms with van der Waals surface area (Å²) in [5, 5.41) is 23.3. The highest BCUT2D eigenvalue weighted by Crippen LogP contribution is 2.55. The molecular weight excluding hydrogens is 564 g/mol. The number of nitrogens with one attached hydrogen (secondary N) is 1. The average Bonchev–Trinajstić information content (AvgIpc) is 3.57. The summed E-state index contributed by atoms with van der Waals surface area (Å²) >= 11 is 0. The van der Waals surface area contributed by atoms with E-state index >= 15 is 0 Å². The highest BCUT2D eigenvalue weighted by molar-refractivity contribution is 5.93. The van der Waals surface area contributed by atoms with Gasteiger partial charge in [0.05, 0.1) is 32.1 Å². The molecular formula is C30H40N2O11. The number of aliphatic hydroxyl groups is 2. The second kappa shape index (κ2) is 12.9. The van der Waals surface area contributed by atoms with Gasteiger partial charge in [0, 0.05) is 12.8 Å². The zero-order valence-electron chi connectivity index (χ0n) is 24.6. The summed E-state index contributed by atoms with van der Waals surface area (Å²) in [7, 11) is 0. The van der Waals surface area contributed by atoms with Gasteiger partial charge in [0.2, 0.25) is 5.91 Å². The van der Waals surface area contributed by atoms with Gasteiger partial charge in [-0.25, -0.2) is 0 Å². The molecule has 43 heavy (non-hydrogen) atoms. The van der Waals surface area contributed by atoms with Gasteiger partial charge in [-0.15, -0.1) is 0 Å². The van der Waals surface area contributed by atoms with Crippen molar-refractivity contribution in [1.82, 2.24) is 10.4 Å². The molecule has 1 aliphatic carbocycles. The molecule has 13 nitrogen and oxygen atoms in total. The molecule has 3 saturated heterocycles. The van der Waals surface area contributed by atoms with Crippen LogP contribution in [0.3, 0.4) is 0 Å². The summed E-state index contributed by atoms with van der Waals surface area (Å²) in [4.78, 5) is 46.4. The number of hydrogen-bond donors (Lipinski definition) is 3. The van der Waals surface area contributed by atoms with Crippen molar-refractivity contribution in [1.29, 1.82) is 0 Å². The topological polar surface area (TPSA) is 162 Å². The Bertz CT molecular complexity index is 1220. The molecule has 3 aliphatic heterocycles. The number of esters is 2. The number of carbonyl (C=O) groups excluding carboxylic acids is 3. The lowest BCUT2D eigenvalue weighted by molar-refractivity contribution is -0.201. The Kier molecular flexibility index (Phi) is 9.40. The second-order valence-corrected chi connectivity index (χ2v) is 12.2. The molecule has 0 aromatic heterocycles. The van der Waals surface area contributed by atoms with E-state index in [1.165, 1.54) is 11.3 Å². The van der Waals surface area contributed by atoms with Crippen LogP contribution < -0.4 is 5.32 Å². The van der Waals surface area contributed by atoms with Gasteiger partial charge in [-0.3, -0.25) is 19.2 Å². The van der Waals surface area contributed by atoms with Crippen LogP contribution in [-0.2, 0) is 49.5 Å². The first-order chi connectivity index (χ1) is 20.6. The summed E-state index contributed by atoms with van der Waals surface area (Å²) in [5.74, 6) is -1.53. The maximum absolute atomic E-state index is 14.2. The highest BCUT2D eigenvalue weighted by Gasteiger charge is 2.74. The molecule has 0 radical (unpaired) electrons. The predicted molar refractivity (Wildman–Crippen MR) is 148 cm³/mol. The van der Waals surface area contributed by atoms with E-state index in [0.29, 0.717) is 0 Å². The molecule has 1 aromatic rings. The van der Waals surface area contributed by atoms with Crippen molar-refractivity contribution in [3.63, 3.8) is 0 Å². The molecule has 1 saturated carbocycles. The number of carbonyl (C=O) groups is 3. The number of hydroxylamine groups is 2. The van der Waals surface area contributed by atoms with Crippen molar-refractivity contribution in [2.45, 2.75) is 88.7 Å². The first kappa shape index (κ1) is 31.4. The maximum atomic E-state index is 14.2. The van der Waals surface area contributed by atoms with E-state index in [9.17, 15) is 19.5 Å². The van der Waals surface area contributed by atoms with Crippen molar-refractivity contribution in [3.05, 3.63) is 41.7 Å². The molecule has 1 amide bonds. The normalized spacial score (nSPS) is 30.5. The highest BCUT2D eigenvalue weighted by atomic mass is 16.8. The molecule has 5 rings (SSSR count). The standard InChI is InChI=1S/C30H40N2O11/c1-29(2,3)42-22(35)8-7-20(16-34)31-28(37)30-14-21-23-24(40-17-39-23)26(30)43-32(25(30)27(36)41-21)15-19-6-4-5-18(13-19)9-11-38-12-10-33/h4-6,9,11,13,20-21,23-26,33-34H,7-8,10,12,14-17H2,1-3H3,(H,31,37). The average molecular weight is 605 g/mol. The third-order valence-electron chi connectivity index (χ3n) is 8.02. The van der Waals surface area contributed by atoms with E-state index in [0.717, 1.165) is 11.1 Å². The molecule has 3 N–H and O–H groups in total. The van der Waals surface area contributed by atoms with Crippen LogP contribution in [-0.4, -0.2) is 102 Å². The van der Waals surface area contributed by atoms with E-state index in [1.54, 1.807) is 26.8 Å². The van der Waals surface area contributed by atoms with Crippen LogP contribution in [0, 0.1) is 5.41 Å². The lowest BCUT2D eigenvalue weighted by Gasteiger charge is -2.49. The summed E-state index contributed by atoms with van der Waals surface area (Å²) < 4.78 is 28.0. The van der Waals surface area contributed by atoms with Crippen LogP contribution in [0.25, 0.3) is 6.08 Å². The summed E-state index contributed by atoms with van der Waals surface area (Å²) in [6.07, 6.45) is 0.739. The van der Waals surface area contributed by atoms with E-state index in [4.69, 9.17) is 33.6 Å². The minimum absolute atomic E-state index is 0.00655. The Balaban J connectivity index is 1.37. The molecule has 2 bridgehead atoms. The molecule has 7 atom stereocenters. The van der Waals surface area contributed by atoms with Gasteiger partial charge in [0.1, 0.15) is 48.8 Å². The molecule has 236 valence electrons. The van der Waals surface area contributed by atoms with Crippen molar-refractivity contribution >= 4 is 23.9 Å². The first-order valence-corrected chi connectivity index (χ1v) is 14.5. The number of ether oxygens (including phenoxy) is 5. The number of amides is 1. The van der Waals surface area contributed by atoms with E-state index in [-0.39, 0.29) is 45.8 Å². The fourth-order valence-electron chi connectivity index (χ4n) is 6.27. The van der Waals surface area contributed by atoms with E-state index < -0.39 is 72.0 Å². The summed E-state index contributed by atoms with van der Waals surface area (Å²) in [6.45, 7) is 5.12. The van der Waals surface area contributed by atoms with Gasteiger partial charge in [-0.1, -0.05) is 24.3 Å². The molecule has 3 heterocycles. The maximum Gasteiger partial charge on any atom is 0.327 e. The fourth-order valence-corrected chi connectivity index (χ4v) is 6.27. The molecule has 4 fully saturated rings. The van der Waals surface area contributed by atoms with Gasteiger partial charge in [-0.2, -0.15) is 5.06 Å². The summed E-state index contributed by atoms with van der Waals surface area (Å²) in [5.41, 5.74) is -0.408. The van der Waals surface area contributed by atoms with Crippen LogP contribution in [0.1, 0.15) is 51.2 Å². The number of aliphatic hydroxyl groups excluding tert-OH is 2. The molecule has 13 heteroatoms.